The van der Waals surface area contributed by atoms with Crippen molar-refractivity contribution in [2.45, 2.75) is 63.9 Å². The van der Waals surface area contributed by atoms with Crippen molar-refractivity contribution in [1.29, 1.82) is 0 Å². The lowest BCUT2D eigenvalue weighted by Gasteiger charge is -2.10. The Morgan fingerprint density at radius 1 is 1.09 bits per heavy atom. The Kier molecular flexibility index (Phi) is 3.60. The molecule has 0 radical (unpaired) electrons. The Hall–Kier alpha value is -1.85. The largest absolute Gasteiger partial charge is 0.461 e. The van der Waals surface area contributed by atoms with Crippen molar-refractivity contribution < 1.29 is 4.74 Å². The number of aryl methyl sites for hydroxylation is 1. The number of aromatic amines is 2. The van der Waals surface area contributed by atoms with E-state index in [0.717, 1.165) is 37.4 Å². The zero-order valence-corrected chi connectivity index (χ0v) is 12.7. The summed E-state index contributed by atoms with van der Waals surface area (Å²) in [6.07, 6.45) is 10.6. The molecule has 0 atom stereocenters. The van der Waals surface area contributed by atoms with Gasteiger partial charge in [-0.2, -0.15) is 4.98 Å². The van der Waals surface area contributed by atoms with Gasteiger partial charge in [0.1, 0.15) is 11.9 Å². The van der Waals surface area contributed by atoms with E-state index in [-0.39, 0.29) is 11.7 Å². The molecule has 0 aromatic carbocycles. The molecule has 6 heteroatoms. The number of nitrogens with zero attached hydrogens (tertiary/aromatic N) is 2. The first-order valence-corrected chi connectivity index (χ1v) is 8.43. The molecule has 2 saturated carbocycles. The fraction of sp³-hybridized carbons (Fsp3) is 0.688. The van der Waals surface area contributed by atoms with Crippen LogP contribution in [-0.4, -0.2) is 26.0 Å². The van der Waals surface area contributed by atoms with E-state index in [1.54, 1.807) is 0 Å². The van der Waals surface area contributed by atoms with Crippen molar-refractivity contribution >= 4 is 11.2 Å². The molecule has 0 amide bonds. The highest BCUT2D eigenvalue weighted by Gasteiger charge is 2.21. The summed E-state index contributed by atoms with van der Waals surface area (Å²) in [6, 6.07) is 0.306. The molecule has 2 heterocycles. The van der Waals surface area contributed by atoms with Gasteiger partial charge in [-0.15, -0.1) is 0 Å². The maximum Gasteiger partial charge on any atom is 0.298 e. The Bertz CT molecular complexity index is 710. The van der Waals surface area contributed by atoms with Crippen molar-refractivity contribution in [1.82, 2.24) is 19.9 Å². The lowest BCUT2D eigenvalue weighted by atomic mass is 10.2. The molecule has 0 saturated heterocycles. The third-order valence-corrected chi connectivity index (χ3v) is 4.69. The number of imidazole rings is 1. The standard InChI is InChI=1S/C16H22N4O2/c21-15-13-14(18-12(17-13)7-3-4-10-8-9-10)19-16(20-15)22-11-5-1-2-6-11/h10-11H,1-9H2,(H2,17,18,19,20,21). The van der Waals surface area contributed by atoms with E-state index >= 15 is 0 Å². The SMILES string of the molecule is O=c1[nH]c(OC2CCCC2)nc2nc(CCCC3CC3)[nH]c12. The average molecular weight is 302 g/mol. The van der Waals surface area contributed by atoms with Crippen molar-refractivity contribution in [3.63, 3.8) is 0 Å². The zero-order chi connectivity index (χ0) is 14.9. The van der Waals surface area contributed by atoms with Crippen LogP contribution in [0.15, 0.2) is 4.79 Å². The van der Waals surface area contributed by atoms with Crippen molar-refractivity contribution in [3.05, 3.63) is 16.2 Å². The Morgan fingerprint density at radius 2 is 1.91 bits per heavy atom. The van der Waals surface area contributed by atoms with Crippen LogP contribution in [0, 0.1) is 5.92 Å². The molecular weight excluding hydrogens is 280 g/mol. The summed E-state index contributed by atoms with van der Waals surface area (Å²) in [5.74, 6) is 1.78. The fourth-order valence-electron chi connectivity index (χ4n) is 3.24. The number of hydrogen-bond donors (Lipinski definition) is 2. The van der Waals surface area contributed by atoms with Gasteiger partial charge in [-0.1, -0.05) is 19.3 Å². The molecule has 2 aromatic heterocycles. The van der Waals surface area contributed by atoms with Gasteiger partial charge in [0.25, 0.3) is 11.6 Å². The number of hydrogen-bond acceptors (Lipinski definition) is 4. The average Bonchev–Trinajstić information content (AvgIpc) is 2.99. The third kappa shape index (κ3) is 3.00. The molecule has 22 heavy (non-hydrogen) atoms. The van der Waals surface area contributed by atoms with Crippen LogP contribution in [0.25, 0.3) is 11.2 Å². The molecular formula is C16H22N4O2. The zero-order valence-electron chi connectivity index (χ0n) is 12.7. The second kappa shape index (κ2) is 5.74. The van der Waals surface area contributed by atoms with Gasteiger partial charge in [0.15, 0.2) is 11.2 Å². The number of ether oxygens (including phenoxy) is 1. The molecule has 2 aromatic rings. The molecule has 2 aliphatic rings. The molecule has 0 aliphatic heterocycles. The van der Waals surface area contributed by atoms with Crippen LogP contribution < -0.4 is 10.3 Å². The van der Waals surface area contributed by atoms with Crippen LogP contribution in [0.3, 0.4) is 0 Å². The van der Waals surface area contributed by atoms with Gasteiger partial charge in [-0.25, -0.2) is 4.98 Å². The summed E-state index contributed by atoms with van der Waals surface area (Å²) in [7, 11) is 0. The topological polar surface area (TPSA) is 83.7 Å². The van der Waals surface area contributed by atoms with Gasteiger partial charge in [-0.3, -0.25) is 9.78 Å². The fourth-order valence-corrected chi connectivity index (χ4v) is 3.24. The smallest absolute Gasteiger partial charge is 0.298 e. The molecule has 2 N–H and O–H groups in total. The molecule has 0 unspecified atom stereocenters. The van der Waals surface area contributed by atoms with Crippen LogP contribution in [0.1, 0.15) is 57.2 Å². The Balaban J connectivity index is 1.50. The highest BCUT2D eigenvalue weighted by atomic mass is 16.5. The molecule has 2 aliphatic carbocycles. The van der Waals surface area contributed by atoms with Gasteiger partial charge in [0, 0.05) is 6.42 Å². The number of nitrogens with one attached hydrogen (secondary N) is 2. The molecule has 4 rings (SSSR count). The maximum atomic E-state index is 12.1. The molecule has 118 valence electrons. The summed E-state index contributed by atoms with van der Waals surface area (Å²) in [5, 5.41) is 0. The summed E-state index contributed by atoms with van der Waals surface area (Å²) >= 11 is 0. The van der Waals surface area contributed by atoms with Crippen LogP contribution >= 0.6 is 0 Å². The van der Waals surface area contributed by atoms with Crippen molar-refractivity contribution in [2.75, 3.05) is 0 Å². The summed E-state index contributed by atoms with van der Waals surface area (Å²) in [6.45, 7) is 0. The summed E-state index contributed by atoms with van der Waals surface area (Å²) in [4.78, 5) is 26.8. The Morgan fingerprint density at radius 3 is 2.68 bits per heavy atom. The van der Waals surface area contributed by atoms with Gasteiger partial charge in [-0.05, 0) is 38.0 Å². The van der Waals surface area contributed by atoms with E-state index in [4.69, 9.17) is 4.74 Å². The number of aromatic nitrogens is 4. The number of H-pyrrole nitrogens is 2. The Labute approximate surface area is 128 Å². The first kappa shape index (κ1) is 13.8. The van der Waals surface area contributed by atoms with Crippen LogP contribution in [0.5, 0.6) is 6.01 Å². The van der Waals surface area contributed by atoms with Crippen LogP contribution in [0.4, 0.5) is 0 Å². The lowest BCUT2D eigenvalue weighted by Crippen LogP contribution is -2.17. The first-order valence-electron chi connectivity index (χ1n) is 8.43. The predicted molar refractivity (Wildman–Crippen MR) is 83.1 cm³/mol. The molecule has 0 spiro atoms. The summed E-state index contributed by atoms with van der Waals surface area (Å²) in [5.41, 5.74) is 0.734. The lowest BCUT2D eigenvalue weighted by molar-refractivity contribution is 0.192. The second-order valence-corrected chi connectivity index (χ2v) is 6.61. The molecule has 6 nitrogen and oxygen atoms in total. The minimum Gasteiger partial charge on any atom is -0.461 e. The minimum atomic E-state index is -0.195. The molecule has 2 fully saturated rings. The second-order valence-electron chi connectivity index (χ2n) is 6.61. The highest BCUT2D eigenvalue weighted by Crippen LogP contribution is 2.33. The normalized spacial score (nSPS) is 19.1. The third-order valence-electron chi connectivity index (χ3n) is 4.69. The van der Waals surface area contributed by atoms with Gasteiger partial charge >= 0.3 is 0 Å². The highest BCUT2D eigenvalue weighted by molar-refractivity contribution is 5.69. The van der Waals surface area contributed by atoms with E-state index < -0.39 is 0 Å². The van der Waals surface area contributed by atoms with Gasteiger partial charge < -0.3 is 9.72 Å². The van der Waals surface area contributed by atoms with Crippen LogP contribution in [-0.2, 0) is 6.42 Å². The number of rotatable bonds is 6. The maximum absolute atomic E-state index is 12.1. The van der Waals surface area contributed by atoms with Crippen molar-refractivity contribution in [3.8, 4) is 6.01 Å². The van der Waals surface area contributed by atoms with E-state index in [9.17, 15) is 4.79 Å². The van der Waals surface area contributed by atoms with Gasteiger partial charge in [0.2, 0.25) is 0 Å². The monoisotopic (exact) mass is 302 g/mol. The van der Waals surface area contributed by atoms with Gasteiger partial charge in [0.05, 0.1) is 0 Å². The van der Waals surface area contributed by atoms with E-state index in [1.807, 2.05) is 0 Å². The first-order chi connectivity index (χ1) is 10.8. The van der Waals surface area contributed by atoms with E-state index in [0.29, 0.717) is 17.2 Å². The molecule has 0 bridgehead atoms. The van der Waals surface area contributed by atoms with Crippen LogP contribution in [0.2, 0.25) is 0 Å². The van der Waals surface area contributed by atoms with E-state index in [1.165, 1.54) is 32.1 Å². The number of fused-ring (bicyclic) bond motifs is 1. The predicted octanol–water partition coefficient (Wildman–Crippen LogP) is 2.70. The summed E-state index contributed by atoms with van der Waals surface area (Å²) < 4.78 is 5.77. The quantitative estimate of drug-likeness (QED) is 0.859. The van der Waals surface area contributed by atoms with E-state index in [2.05, 4.69) is 19.9 Å². The minimum absolute atomic E-state index is 0.178. The van der Waals surface area contributed by atoms with Crippen molar-refractivity contribution in [2.24, 2.45) is 5.92 Å².